The number of halogens is 1. The monoisotopic (exact) mass is 310 g/mol. The molecule has 21 heavy (non-hydrogen) atoms. The molecule has 0 aliphatic carbocycles. The highest BCUT2D eigenvalue weighted by Gasteiger charge is 2.27. The number of hydrogen-bond acceptors (Lipinski definition) is 3. The summed E-state index contributed by atoms with van der Waals surface area (Å²) in [6.07, 6.45) is 1.06. The maximum Gasteiger partial charge on any atom is 0.0753 e. The molecule has 3 nitrogen and oxygen atoms in total. The fourth-order valence-electron chi connectivity index (χ4n) is 2.99. The molecule has 0 bridgehead atoms. The molecule has 1 saturated heterocycles. The lowest BCUT2D eigenvalue weighted by Gasteiger charge is -2.38. The van der Waals surface area contributed by atoms with Gasteiger partial charge in [0.2, 0.25) is 0 Å². The van der Waals surface area contributed by atoms with Crippen LogP contribution < -0.4 is 5.32 Å². The summed E-state index contributed by atoms with van der Waals surface area (Å²) in [5.41, 5.74) is 1.17. The standard InChI is InChI=1S/C17H27ClN2O/c1-4-19-16(14-7-5-6-8-15(14)18)9-10-20-11-12-21-17(2,3)13-20/h5-8,16,19H,4,9-13H2,1-3H3. The summed E-state index contributed by atoms with van der Waals surface area (Å²) in [5.74, 6) is 0. The fourth-order valence-corrected chi connectivity index (χ4v) is 3.26. The van der Waals surface area contributed by atoms with Gasteiger partial charge >= 0.3 is 0 Å². The molecular weight excluding hydrogens is 284 g/mol. The van der Waals surface area contributed by atoms with E-state index in [9.17, 15) is 0 Å². The molecule has 0 amide bonds. The van der Waals surface area contributed by atoms with E-state index in [4.69, 9.17) is 16.3 Å². The second-order valence-corrected chi connectivity index (χ2v) is 6.71. The van der Waals surface area contributed by atoms with Crippen LogP contribution in [0.1, 0.15) is 38.8 Å². The number of nitrogens with zero attached hydrogens (tertiary/aromatic N) is 1. The van der Waals surface area contributed by atoms with Crippen LogP contribution in [0.15, 0.2) is 24.3 Å². The summed E-state index contributed by atoms with van der Waals surface area (Å²) in [7, 11) is 0. The summed E-state index contributed by atoms with van der Waals surface area (Å²) >= 11 is 6.35. The predicted molar refractivity (Wildman–Crippen MR) is 89.0 cm³/mol. The molecule has 1 aromatic carbocycles. The highest BCUT2D eigenvalue weighted by atomic mass is 35.5. The van der Waals surface area contributed by atoms with Crippen LogP contribution in [0.3, 0.4) is 0 Å². The molecule has 1 heterocycles. The number of rotatable bonds is 6. The number of ether oxygens (including phenoxy) is 1. The maximum absolute atomic E-state index is 6.35. The van der Waals surface area contributed by atoms with Crippen LogP contribution in [0.4, 0.5) is 0 Å². The fraction of sp³-hybridized carbons (Fsp3) is 0.647. The Balaban J connectivity index is 1.96. The molecular formula is C17H27ClN2O. The normalized spacial score (nSPS) is 20.4. The van der Waals surface area contributed by atoms with E-state index in [1.807, 2.05) is 12.1 Å². The molecule has 0 aromatic heterocycles. The average Bonchev–Trinajstić information content (AvgIpc) is 2.43. The Bertz CT molecular complexity index is 450. The third-order valence-corrected chi connectivity index (χ3v) is 4.31. The predicted octanol–water partition coefficient (Wildman–Crippen LogP) is 3.49. The molecule has 1 aromatic rings. The van der Waals surface area contributed by atoms with Crippen LogP contribution in [0, 0.1) is 0 Å². The van der Waals surface area contributed by atoms with Gasteiger partial charge < -0.3 is 10.1 Å². The zero-order valence-corrected chi connectivity index (χ0v) is 14.1. The van der Waals surface area contributed by atoms with Gasteiger partial charge in [-0.1, -0.05) is 36.7 Å². The lowest BCUT2D eigenvalue weighted by molar-refractivity contribution is -0.0864. The summed E-state index contributed by atoms with van der Waals surface area (Å²) in [6, 6.07) is 8.45. The van der Waals surface area contributed by atoms with Crippen LogP contribution >= 0.6 is 11.6 Å². The highest BCUT2D eigenvalue weighted by molar-refractivity contribution is 6.31. The van der Waals surface area contributed by atoms with Crippen molar-refractivity contribution in [2.24, 2.45) is 0 Å². The van der Waals surface area contributed by atoms with Crippen molar-refractivity contribution in [3.05, 3.63) is 34.9 Å². The van der Waals surface area contributed by atoms with Crippen molar-refractivity contribution in [3.8, 4) is 0 Å². The van der Waals surface area contributed by atoms with Crippen molar-refractivity contribution in [2.75, 3.05) is 32.8 Å². The Hall–Kier alpha value is -0.610. The third kappa shape index (κ3) is 4.96. The minimum Gasteiger partial charge on any atom is -0.373 e. The number of hydrogen-bond donors (Lipinski definition) is 1. The van der Waals surface area contributed by atoms with Gasteiger partial charge in [0.25, 0.3) is 0 Å². The first-order valence-corrected chi connectivity index (χ1v) is 8.24. The van der Waals surface area contributed by atoms with E-state index in [0.29, 0.717) is 6.04 Å². The average molecular weight is 311 g/mol. The van der Waals surface area contributed by atoms with Crippen molar-refractivity contribution in [2.45, 2.75) is 38.8 Å². The third-order valence-electron chi connectivity index (χ3n) is 3.97. The summed E-state index contributed by atoms with van der Waals surface area (Å²) in [4.78, 5) is 2.49. The van der Waals surface area contributed by atoms with Crippen LogP contribution in [0.5, 0.6) is 0 Å². The minimum atomic E-state index is -0.0314. The zero-order chi connectivity index (χ0) is 15.3. The van der Waals surface area contributed by atoms with E-state index >= 15 is 0 Å². The Labute approximate surface area is 133 Å². The Morgan fingerprint density at radius 2 is 2.14 bits per heavy atom. The van der Waals surface area contributed by atoms with Gasteiger partial charge in [0, 0.05) is 30.7 Å². The van der Waals surface area contributed by atoms with E-state index in [1.54, 1.807) is 0 Å². The molecule has 1 N–H and O–H groups in total. The molecule has 1 atom stereocenters. The van der Waals surface area contributed by atoms with Gasteiger partial charge in [0.05, 0.1) is 12.2 Å². The molecule has 4 heteroatoms. The van der Waals surface area contributed by atoms with Gasteiger partial charge in [0.15, 0.2) is 0 Å². The highest BCUT2D eigenvalue weighted by Crippen LogP contribution is 2.26. The van der Waals surface area contributed by atoms with Crippen LogP contribution in [0.2, 0.25) is 5.02 Å². The topological polar surface area (TPSA) is 24.5 Å². The van der Waals surface area contributed by atoms with Gasteiger partial charge in [0.1, 0.15) is 0 Å². The van der Waals surface area contributed by atoms with Gasteiger partial charge in [-0.15, -0.1) is 0 Å². The quantitative estimate of drug-likeness (QED) is 0.870. The van der Waals surface area contributed by atoms with Crippen LogP contribution in [0.25, 0.3) is 0 Å². The lowest BCUT2D eigenvalue weighted by Crippen LogP contribution is -2.48. The van der Waals surface area contributed by atoms with E-state index in [2.05, 4.69) is 43.1 Å². The second-order valence-electron chi connectivity index (χ2n) is 6.30. The SMILES string of the molecule is CCNC(CCN1CCOC(C)(C)C1)c1ccccc1Cl. The molecule has 1 unspecified atom stereocenters. The molecule has 0 spiro atoms. The number of nitrogens with one attached hydrogen (secondary N) is 1. The van der Waals surface area contributed by atoms with E-state index in [0.717, 1.165) is 44.2 Å². The van der Waals surface area contributed by atoms with E-state index in [1.165, 1.54) is 5.56 Å². The largest absolute Gasteiger partial charge is 0.373 e. The molecule has 118 valence electrons. The first kappa shape index (κ1) is 16.8. The van der Waals surface area contributed by atoms with Crippen molar-refractivity contribution < 1.29 is 4.74 Å². The summed E-state index contributed by atoms with van der Waals surface area (Å²) in [5, 5.41) is 4.41. The minimum absolute atomic E-state index is 0.0314. The van der Waals surface area contributed by atoms with Gasteiger partial charge in [-0.05, 0) is 38.4 Å². The van der Waals surface area contributed by atoms with Crippen LogP contribution in [-0.2, 0) is 4.74 Å². The summed E-state index contributed by atoms with van der Waals surface area (Å²) < 4.78 is 5.78. The van der Waals surface area contributed by atoms with Crippen molar-refractivity contribution >= 4 is 11.6 Å². The molecule has 0 saturated carbocycles. The number of morpholine rings is 1. The molecule has 1 aliphatic heterocycles. The lowest BCUT2D eigenvalue weighted by atomic mass is 10.0. The van der Waals surface area contributed by atoms with E-state index in [-0.39, 0.29) is 5.60 Å². The van der Waals surface area contributed by atoms with Crippen molar-refractivity contribution in [3.63, 3.8) is 0 Å². The smallest absolute Gasteiger partial charge is 0.0753 e. The van der Waals surface area contributed by atoms with Gasteiger partial charge in [-0.3, -0.25) is 4.90 Å². The molecule has 1 aliphatic rings. The molecule has 0 radical (unpaired) electrons. The second kappa shape index (κ2) is 7.59. The first-order chi connectivity index (χ1) is 10.0. The van der Waals surface area contributed by atoms with Crippen molar-refractivity contribution in [1.82, 2.24) is 10.2 Å². The Morgan fingerprint density at radius 1 is 1.38 bits per heavy atom. The zero-order valence-electron chi connectivity index (χ0n) is 13.4. The first-order valence-electron chi connectivity index (χ1n) is 7.86. The van der Waals surface area contributed by atoms with E-state index < -0.39 is 0 Å². The summed E-state index contributed by atoms with van der Waals surface area (Å²) in [6.45, 7) is 11.3. The van der Waals surface area contributed by atoms with Crippen molar-refractivity contribution in [1.29, 1.82) is 0 Å². The maximum atomic E-state index is 6.35. The van der Waals surface area contributed by atoms with Crippen LogP contribution in [-0.4, -0.2) is 43.3 Å². The Morgan fingerprint density at radius 3 is 2.81 bits per heavy atom. The Kier molecular flexibility index (Phi) is 6.06. The van der Waals surface area contributed by atoms with Gasteiger partial charge in [-0.2, -0.15) is 0 Å². The van der Waals surface area contributed by atoms with Gasteiger partial charge in [-0.25, -0.2) is 0 Å². The number of benzene rings is 1. The molecule has 2 rings (SSSR count). The molecule has 1 fully saturated rings.